The van der Waals surface area contributed by atoms with E-state index in [1.165, 1.54) is 7.11 Å². The van der Waals surface area contributed by atoms with Crippen molar-refractivity contribution in [3.8, 4) is 17.5 Å². The van der Waals surface area contributed by atoms with Crippen LogP contribution in [0.5, 0.6) is 17.5 Å². The third-order valence-electron chi connectivity index (χ3n) is 5.19. The number of H-pyrrole nitrogens is 1. The van der Waals surface area contributed by atoms with Gasteiger partial charge in [0.25, 0.3) is 5.56 Å². The van der Waals surface area contributed by atoms with Gasteiger partial charge in [-0.2, -0.15) is 4.98 Å². The average molecular weight is 478 g/mol. The average Bonchev–Trinajstić information content (AvgIpc) is 2.84. The zero-order chi connectivity index (χ0) is 24.1. The number of ether oxygens (including phenoxy) is 2. The summed E-state index contributed by atoms with van der Waals surface area (Å²) in [6.45, 7) is 2.50. The van der Waals surface area contributed by atoms with Gasteiger partial charge in [-0.1, -0.05) is 23.7 Å². The predicted octanol–water partition coefficient (Wildman–Crippen LogP) is 4.55. The first-order valence-electron chi connectivity index (χ1n) is 10.6. The van der Waals surface area contributed by atoms with Crippen molar-refractivity contribution in [2.24, 2.45) is 0 Å². The highest BCUT2D eigenvalue weighted by Gasteiger charge is 2.10. The molecule has 8 nitrogen and oxygen atoms in total. The van der Waals surface area contributed by atoms with Crippen LogP contribution in [0.25, 0.3) is 0 Å². The molecule has 0 fully saturated rings. The molecule has 4 rings (SSSR count). The number of aromatic nitrogens is 4. The maximum absolute atomic E-state index is 12.5. The molecule has 0 spiro atoms. The lowest BCUT2D eigenvalue weighted by molar-refractivity contribution is 0.379. The van der Waals surface area contributed by atoms with Crippen LogP contribution in [0, 0.1) is 6.92 Å². The number of nitrogens with one attached hydrogen (secondary N) is 1. The van der Waals surface area contributed by atoms with Crippen LogP contribution in [-0.4, -0.2) is 34.1 Å². The van der Waals surface area contributed by atoms with Crippen molar-refractivity contribution in [3.63, 3.8) is 0 Å². The largest absolute Gasteiger partial charge is 0.467 e. The molecule has 4 aromatic rings. The summed E-state index contributed by atoms with van der Waals surface area (Å²) in [6.07, 6.45) is 5.32. The first-order chi connectivity index (χ1) is 16.4. The first kappa shape index (κ1) is 23.3. The van der Waals surface area contributed by atoms with E-state index in [1.807, 2.05) is 61.3 Å². The fourth-order valence-corrected chi connectivity index (χ4v) is 3.44. The SMILES string of the molecule is COc1ncc(Cc2c[nH]c(N(C)Cc3ccc(Oc4ccc(Cl)c(C)c4)cc3)nc2=O)cn1. The van der Waals surface area contributed by atoms with E-state index in [4.69, 9.17) is 21.1 Å². The Bertz CT molecular complexity index is 1320. The zero-order valence-electron chi connectivity index (χ0n) is 19.1. The Balaban J connectivity index is 1.38. The second kappa shape index (κ2) is 10.4. The van der Waals surface area contributed by atoms with Crippen LogP contribution in [0.15, 0.2) is 65.8 Å². The molecule has 0 saturated carbocycles. The van der Waals surface area contributed by atoms with Crippen molar-refractivity contribution in [2.45, 2.75) is 19.9 Å². The first-order valence-corrected chi connectivity index (χ1v) is 11.0. The topological polar surface area (TPSA) is 93.2 Å². The maximum atomic E-state index is 12.5. The van der Waals surface area contributed by atoms with Crippen molar-refractivity contribution in [2.75, 3.05) is 19.1 Å². The van der Waals surface area contributed by atoms with E-state index in [0.717, 1.165) is 28.2 Å². The van der Waals surface area contributed by atoms with Crippen molar-refractivity contribution < 1.29 is 9.47 Å². The van der Waals surface area contributed by atoms with Gasteiger partial charge >= 0.3 is 6.01 Å². The fraction of sp³-hybridized carbons (Fsp3) is 0.200. The fourth-order valence-electron chi connectivity index (χ4n) is 3.32. The van der Waals surface area contributed by atoms with Crippen molar-refractivity contribution in [1.29, 1.82) is 0 Å². The molecule has 1 N–H and O–H groups in total. The number of halogens is 1. The lowest BCUT2D eigenvalue weighted by atomic mass is 10.1. The van der Waals surface area contributed by atoms with E-state index in [2.05, 4.69) is 19.9 Å². The maximum Gasteiger partial charge on any atom is 0.316 e. The highest BCUT2D eigenvalue weighted by Crippen LogP contribution is 2.26. The van der Waals surface area contributed by atoms with Crippen molar-refractivity contribution in [1.82, 2.24) is 19.9 Å². The Morgan fingerprint density at radius 1 is 1.03 bits per heavy atom. The summed E-state index contributed by atoms with van der Waals surface area (Å²) in [5.41, 5.74) is 3.04. The number of anilines is 1. The summed E-state index contributed by atoms with van der Waals surface area (Å²) in [5.74, 6) is 1.94. The van der Waals surface area contributed by atoms with E-state index in [9.17, 15) is 4.79 Å². The molecular formula is C25H24ClN5O3. The molecule has 34 heavy (non-hydrogen) atoms. The normalized spacial score (nSPS) is 10.7. The summed E-state index contributed by atoms with van der Waals surface area (Å²) in [6, 6.07) is 13.6. The van der Waals surface area contributed by atoms with E-state index < -0.39 is 0 Å². The third kappa shape index (κ3) is 5.71. The number of nitrogens with zero attached hydrogens (tertiary/aromatic N) is 4. The van der Waals surface area contributed by atoms with Gasteiger partial charge in [0.15, 0.2) is 0 Å². The quantitative estimate of drug-likeness (QED) is 0.398. The van der Waals surface area contributed by atoms with Crippen LogP contribution in [0.1, 0.15) is 22.3 Å². The molecule has 2 aromatic carbocycles. The lowest BCUT2D eigenvalue weighted by Crippen LogP contribution is -2.24. The number of benzene rings is 2. The monoisotopic (exact) mass is 477 g/mol. The highest BCUT2D eigenvalue weighted by atomic mass is 35.5. The summed E-state index contributed by atoms with van der Waals surface area (Å²) in [5, 5.41) is 0.708. The molecule has 0 unspecified atom stereocenters. The van der Waals surface area contributed by atoms with Crippen molar-refractivity contribution in [3.05, 3.63) is 98.7 Å². The molecule has 0 aliphatic carbocycles. The zero-order valence-corrected chi connectivity index (χ0v) is 19.8. The van der Waals surface area contributed by atoms with Gasteiger partial charge in [0.2, 0.25) is 5.95 Å². The Morgan fingerprint density at radius 3 is 2.38 bits per heavy atom. The van der Waals surface area contributed by atoms with Crippen LogP contribution in [0.4, 0.5) is 5.95 Å². The minimum absolute atomic E-state index is 0.285. The number of methoxy groups -OCH3 is 1. The molecule has 0 saturated heterocycles. The predicted molar refractivity (Wildman–Crippen MR) is 131 cm³/mol. The summed E-state index contributed by atoms with van der Waals surface area (Å²) < 4.78 is 10.9. The molecule has 0 bridgehead atoms. The minimum Gasteiger partial charge on any atom is -0.467 e. The molecule has 0 atom stereocenters. The standard InChI is InChI=1S/C25H24ClN5O3/c1-16-10-21(8-9-22(16)26)34-20-6-4-17(5-7-20)15-31(2)24-27-14-19(23(32)30-24)11-18-12-28-25(33-3)29-13-18/h4-10,12-14H,11,15H2,1-3H3,(H,27,30,32). The Hall–Kier alpha value is -3.91. The van der Waals surface area contributed by atoms with E-state index in [1.54, 1.807) is 18.6 Å². The second-order valence-corrected chi connectivity index (χ2v) is 8.23. The van der Waals surface area contributed by atoms with Gasteiger partial charge in [-0.3, -0.25) is 4.79 Å². The molecule has 9 heteroatoms. The summed E-state index contributed by atoms with van der Waals surface area (Å²) in [7, 11) is 3.37. The summed E-state index contributed by atoms with van der Waals surface area (Å²) >= 11 is 6.07. The molecular weight excluding hydrogens is 454 g/mol. The molecule has 0 aliphatic rings. The Labute approximate surface area is 202 Å². The van der Waals surface area contributed by atoms with Gasteiger partial charge in [-0.25, -0.2) is 9.97 Å². The van der Waals surface area contributed by atoms with Gasteiger partial charge < -0.3 is 19.4 Å². The van der Waals surface area contributed by atoms with E-state index >= 15 is 0 Å². The van der Waals surface area contributed by atoms with Crippen molar-refractivity contribution >= 4 is 17.5 Å². The Kier molecular flexibility index (Phi) is 7.08. The molecule has 0 radical (unpaired) electrons. The molecule has 174 valence electrons. The van der Waals surface area contributed by atoms with E-state index in [0.29, 0.717) is 29.5 Å². The minimum atomic E-state index is -0.293. The van der Waals surface area contributed by atoms with Gasteiger partial charge in [0, 0.05) is 49.2 Å². The highest BCUT2D eigenvalue weighted by molar-refractivity contribution is 6.31. The number of aromatic amines is 1. The second-order valence-electron chi connectivity index (χ2n) is 7.82. The van der Waals surface area contributed by atoms with Crippen LogP contribution in [-0.2, 0) is 13.0 Å². The molecule has 0 amide bonds. The smallest absolute Gasteiger partial charge is 0.316 e. The van der Waals surface area contributed by atoms with Gasteiger partial charge in [0.05, 0.1) is 7.11 Å². The third-order valence-corrected chi connectivity index (χ3v) is 5.61. The molecule has 2 aromatic heterocycles. The number of rotatable bonds is 8. The summed E-state index contributed by atoms with van der Waals surface area (Å²) in [4.78, 5) is 29.9. The lowest BCUT2D eigenvalue weighted by Gasteiger charge is -2.18. The molecule has 2 heterocycles. The van der Waals surface area contributed by atoms with Gasteiger partial charge in [-0.05, 0) is 53.9 Å². The van der Waals surface area contributed by atoms with Crippen LogP contribution >= 0.6 is 11.6 Å². The number of hydrogen-bond donors (Lipinski definition) is 1. The molecule has 0 aliphatic heterocycles. The van der Waals surface area contributed by atoms with Crippen LogP contribution in [0.3, 0.4) is 0 Å². The van der Waals surface area contributed by atoms with Gasteiger partial charge in [0.1, 0.15) is 11.5 Å². The Morgan fingerprint density at radius 2 is 1.74 bits per heavy atom. The van der Waals surface area contributed by atoms with E-state index in [-0.39, 0.29) is 11.6 Å². The number of aryl methyl sites for hydroxylation is 1. The van der Waals surface area contributed by atoms with Gasteiger partial charge in [-0.15, -0.1) is 0 Å². The van der Waals surface area contributed by atoms with Crippen LogP contribution < -0.4 is 19.9 Å². The van der Waals surface area contributed by atoms with Crippen LogP contribution in [0.2, 0.25) is 5.02 Å². The number of hydrogen-bond acceptors (Lipinski definition) is 7.